The number of aromatic nitrogens is 3. The summed E-state index contributed by atoms with van der Waals surface area (Å²) in [6.07, 6.45) is 12.7. The number of likely N-dealkylation sites (tertiary alicyclic amines) is 1. The van der Waals surface area contributed by atoms with Crippen molar-refractivity contribution in [2.24, 2.45) is 5.41 Å². The van der Waals surface area contributed by atoms with Gasteiger partial charge in [-0.2, -0.15) is 5.10 Å². The molecule has 1 N–H and O–H groups in total. The van der Waals surface area contributed by atoms with Crippen LogP contribution in [0.3, 0.4) is 0 Å². The van der Waals surface area contributed by atoms with E-state index in [-0.39, 0.29) is 17.2 Å². The number of hydrogen-bond donors (Lipinski definition) is 1. The second-order valence-corrected chi connectivity index (χ2v) is 8.73. The van der Waals surface area contributed by atoms with Crippen LogP contribution in [0.25, 0.3) is 5.65 Å². The van der Waals surface area contributed by atoms with E-state index in [4.69, 9.17) is 4.74 Å². The first kappa shape index (κ1) is 21.2. The van der Waals surface area contributed by atoms with E-state index < -0.39 is 0 Å². The van der Waals surface area contributed by atoms with Gasteiger partial charge in [0.2, 0.25) is 0 Å². The molecule has 8 heteroatoms. The molecule has 1 fully saturated rings. The van der Waals surface area contributed by atoms with Gasteiger partial charge in [-0.1, -0.05) is 24.3 Å². The fourth-order valence-electron chi connectivity index (χ4n) is 4.62. The number of nitrogens with zero attached hydrogens (tertiary/aromatic N) is 4. The van der Waals surface area contributed by atoms with Crippen LogP contribution in [0.15, 0.2) is 61.1 Å². The topological polar surface area (TPSA) is 88.8 Å². The van der Waals surface area contributed by atoms with Crippen LogP contribution in [0, 0.1) is 5.41 Å². The lowest BCUT2D eigenvalue weighted by Crippen LogP contribution is -2.47. The molecule has 33 heavy (non-hydrogen) atoms. The number of amides is 2. The van der Waals surface area contributed by atoms with Crippen molar-refractivity contribution in [2.45, 2.75) is 25.7 Å². The minimum Gasteiger partial charge on any atom is -0.492 e. The fourth-order valence-corrected chi connectivity index (χ4v) is 4.62. The number of carbonyl (C=O) groups is 2. The molecule has 0 atom stereocenters. The Morgan fingerprint density at radius 1 is 1.12 bits per heavy atom. The summed E-state index contributed by atoms with van der Waals surface area (Å²) in [5.74, 6) is 0.447. The number of para-hydroxylation sites is 1. The quantitative estimate of drug-likeness (QED) is 0.582. The van der Waals surface area contributed by atoms with Crippen molar-refractivity contribution < 1.29 is 14.3 Å². The minimum atomic E-state index is -0.120. The summed E-state index contributed by atoms with van der Waals surface area (Å²) < 4.78 is 7.42. The Bertz CT molecular complexity index is 1190. The lowest BCUT2D eigenvalue weighted by molar-refractivity contribution is 0.0567. The fraction of sp³-hybridized carbons (Fsp3) is 0.360. The van der Waals surface area contributed by atoms with E-state index in [1.54, 1.807) is 35.2 Å². The first-order valence-corrected chi connectivity index (χ1v) is 11.4. The van der Waals surface area contributed by atoms with Crippen molar-refractivity contribution in [2.75, 3.05) is 26.2 Å². The van der Waals surface area contributed by atoms with E-state index in [0.29, 0.717) is 48.8 Å². The molecule has 170 valence electrons. The normalized spacial score (nSPS) is 19.6. The van der Waals surface area contributed by atoms with Crippen molar-refractivity contribution in [3.63, 3.8) is 0 Å². The Morgan fingerprint density at radius 2 is 1.97 bits per heavy atom. The van der Waals surface area contributed by atoms with Gasteiger partial charge in [-0.3, -0.25) is 9.59 Å². The van der Waals surface area contributed by atoms with Crippen LogP contribution >= 0.6 is 0 Å². The van der Waals surface area contributed by atoms with E-state index in [2.05, 4.69) is 27.6 Å². The Hall–Kier alpha value is -3.68. The third kappa shape index (κ3) is 4.33. The van der Waals surface area contributed by atoms with Crippen molar-refractivity contribution in [3.05, 3.63) is 72.2 Å². The average molecular weight is 446 g/mol. The van der Waals surface area contributed by atoms with Crippen LogP contribution in [0.4, 0.5) is 0 Å². The zero-order valence-corrected chi connectivity index (χ0v) is 18.4. The molecule has 2 aliphatic heterocycles. The van der Waals surface area contributed by atoms with E-state index in [9.17, 15) is 9.59 Å². The Balaban J connectivity index is 1.31. The monoisotopic (exact) mass is 445 g/mol. The second kappa shape index (κ2) is 9.05. The van der Waals surface area contributed by atoms with E-state index in [1.807, 2.05) is 23.1 Å². The maximum absolute atomic E-state index is 13.2. The molecule has 4 heterocycles. The lowest BCUT2D eigenvalue weighted by atomic mass is 9.75. The molecule has 5 rings (SSSR count). The van der Waals surface area contributed by atoms with Gasteiger partial charge in [0.1, 0.15) is 11.3 Å². The van der Waals surface area contributed by atoms with Gasteiger partial charge >= 0.3 is 0 Å². The molecule has 1 spiro atoms. The van der Waals surface area contributed by atoms with Gasteiger partial charge in [-0.25, -0.2) is 9.50 Å². The molecule has 0 aliphatic carbocycles. The summed E-state index contributed by atoms with van der Waals surface area (Å²) in [5.41, 5.74) is 1.57. The number of carbonyl (C=O) groups excluding carboxylic acids is 2. The molecule has 2 aliphatic rings. The Kier molecular flexibility index (Phi) is 5.81. The summed E-state index contributed by atoms with van der Waals surface area (Å²) in [5, 5.41) is 7.38. The molecule has 0 bridgehead atoms. The molecule has 0 unspecified atom stereocenters. The number of benzene rings is 1. The number of nitrogens with one attached hydrogen (secondary N) is 1. The van der Waals surface area contributed by atoms with Gasteiger partial charge in [0.05, 0.1) is 18.4 Å². The molecule has 3 aromatic rings. The van der Waals surface area contributed by atoms with Crippen LogP contribution in [-0.4, -0.2) is 57.6 Å². The molecule has 0 saturated carbocycles. The van der Waals surface area contributed by atoms with Crippen molar-refractivity contribution in [1.29, 1.82) is 0 Å². The summed E-state index contributed by atoms with van der Waals surface area (Å²) in [6, 6.07) is 9.14. The van der Waals surface area contributed by atoms with Crippen LogP contribution in [0.5, 0.6) is 5.75 Å². The van der Waals surface area contributed by atoms with Gasteiger partial charge in [0, 0.05) is 32.0 Å². The summed E-state index contributed by atoms with van der Waals surface area (Å²) in [6.45, 7) is 2.35. The number of piperidine rings is 1. The van der Waals surface area contributed by atoms with Gasteiger partial charge in [0.15, 0.2) is 5.65 Å². The zero-order chi connectivity index (χ0) is 22.7. The lowest BCUT2D eigenvalue weighted by Gasteiger charge is -2.41. The standard InChI is InChI=1S/C25H27N5O3/c31-23-19-7-2-3-8-21(19)33-16-5-1-4-9-25(18-27-23)10-14-29(15-11-25)24(32)20-17-28-30-13-6-12-26-22(20)30/h1-4,6-8,12-13,17H,5,9-11,14-16,18H2,(H,27,31)/b4-1+. The molecule has 2 aromatic heterocycles. The highest BCUT2D eigenvalue weighted by Gasteiger charge is 2.36. The van der Waals surface area contributed by atoms with Crippen LogP contribution < -0.4 is 10.1 Å². The van der Waals surface area contributed by atoms with Crippen LogP contribution in [0.1, 0.15) is 46.4 Å². The summed E-state index contributed by atoms with van der Waals surface area (Å²) >= 11 is 0. The molecule has 0 radical (unpaired) electrons. The van der Waals surface area contributed by atoms with Crippen molar-refractivity contribution in [3.8, 4) is 5.75 Å². The first-order chi connectivity index (χ1) is 16.2. The molecule has 8 nitrogen and oxygen atoms in total. The summed E-state index contributed by atoms with van der Waals surface area (Å²) in [7, 11) is 0. The minimum absolute atomic E-state index is 0.0441. The largest absolute Gasteiger partial charge is 0.492 e. The SMILES string of the molecule is O=C1NCC2(C/C=C/CCOc3ccccc31)CCN(C(=O)c1cnn3cccnc13)CC2. The van der Waals surface area contributed by atoms with Crippen molar-refractivity contribution in [1.82, 2.24) is 24.8 Å². The maximum atomic E-state index is 13.2. The highest BCUT2D eigenvalue weighted by atomic mass is 16.5. The summed E-state index contributed by atoms with van der Waals surface area (Å²) in [4.78, 5) is 32.3. The average Bonchev–Trinajstić information content (AvgIpc) is 3.29. The van der Waals surface area contributed by atoms with E-state index >= 15 is 0 Å². The number of ether oxygens (including phenoxy) is 1. The highest BCUT2D eigenvalue weighted by molar-refractivity contribution is 5.99. The predicted octanol–water partition coefficient (Wildman–Crippen LogP) is 3.11. The van der Waals surface area contributed by atoms with Crippen LogP contribution in [-0.2, 0) is 0 Å². The van der Waals surface area contributed by atoms with E-state index in [1.165, 1.54) is 0 Å². The highest BCUT2D eigenvalue weighted by Crippen LogP contribution is 2.36. The second-order valence-electron chi connectivity index (χ2n) is 8.73. The van der Waals surface area contributed by atoms with Crippen LogP contribution in [0.2, 0.25) is 0 Å². The third-order valence-electron chi connectivity index (χ3n) is 6.64. The molecular formula is C25H27N5O3. The zero-order valence-electron chi connectivity index (χ0n) is 18.4. The molecule has 2 amide bonds. The number of allylic oxidation sites excluding steroid dienone is 1. The molecular weight excluding hydrogens is 418 g/mol. The van der Waals surface area contributed by atoms with E-state index in [0.717, 1.165) is 25.7 Å². The van der Waals surface area contributed by atoms with Gasteiger partial charge < -0.3 is 15.0 Å². The Morgan fingerprint density at radius 3 is 2.85 bits per heavy atom. The number of fused-ring (bicyclic) bond motifs is 2. The van der Waals surface area contributed by atoms with Crippen molar-refractivity contribution >= 4 is 17.5 Å². The first-order valence-electron chi connectivity index (χ1n) is 11.4. The predicted molar refractivity (Wildman–Crippen MR) is 123 cm³/mol. The third-order valence-corrected chi connectivity index (χ3v) is 6.64. The molecule has 1 saturated heterocycles. The number of hydrogen-bond acceptors (Lipinski definition) is 5. The van der Waals surface area contributed by atoms with Gasteiger partial charge in [-0.15, -0.1) is 0 Å². The maximum Gasteiger partial charge on any atom is 0.259 e. The molecule has 1 aromatic carbocycles. The Labute approximate surface area is 192 Å². The number of rotatable bonds is 1. The smallest absolute Gasteiger partial charge is 0.259 e. The van der Waals surface area contributed by atoms with Gasteiger partial charge in [-0.05, 0) is 49.3 Å². The van der Waals surface area contributed by atoms with Gasteiger partial charge in [0.25, 0.3) is 11.8 Å².